The Morgan fingerprint density at radius 1 is 1.24 bits per heavy atom. The zero-order chi connectivity index (χ0) is 13.2. The second-order valence-corrected chi connectivity index (χ2v) is 5.64. The van der Waals surface area contributed by atoms with Crippen LogP contribution in [0.4, 0.5) is 0 Å². The monoisotopic (exact) mass is 256 g/mol. The summed E-state index contributed by atoms with van der Waals surface area (Å²) in [6, 6.07) is 0. The standard InChI is InChI=1S/C13H21ClN2O/c1-7-17-10(13(4,5)6)12-15-9(3)8(2)11(14)16-12/h10H,7H2,1-6H3. The highest BCUT2D eigenvalue weighted by molar-refractivity contribution is 6.30. The normalized spacial score (nSPS) is 13.8. The van der Waals surface area contributed by atoms with E-state index in [1.165, 1.54) is 0 Å². The molecule has 1 aromatic rings. The maximum Gasteiger partial charge on any atom is 0.159 e. The van der Waals surface area contributed by atoms with E-state index >= 15 is 0 Å². The van der Waals surface area contributed by atoms with Crippen molar-refractivity contribution in [2.24, 2.45) is 5.41 Å². The molecule has 4 heteroatoms. The minimum absolute atomic E-state index is 0.0545. The van der Waals surface area contributed by atoms with Gasteiger partial charge in [-0.25, -0.2) is 9.97 Å². The van der Waals surface area contributed by atoms with E-state index in [4.69, 9.17) is 16.3 Å². The van der Waals surface area contributed by atoms with Gasteiger partial charge >= 0.3 is 0 Å². The van der Waals surface area contributed by atoms with Gasteiger partial charge < -0.3 is 4.74 Å². The first-order chi connectivity index (χ1) is 7.77. The number of rotatable bonds is 3. The molecule has 0 saturated heterocycles. The maximum atomic E-state index is 6.11. The van der Waals surface area contributed by atoms with E-state index < -0.39 is 0 Å². The van der Waals surface area contributed by atoms with Crippen molar-refractivity contribution in [2.75, 3.05) is 6.61 Å². The summed E-state index contributed by atoms with van der Waals surface area (Å²) in [7, 11) is 0. The van der Waals surface area contributed by atoms with E-state index in [1.807, 2.05) is 20.8 Å². The third kappa shape index (κ3) is 3.39. The molecule has 0 bridgehead atoms. The molecule has 1 heterocycles. The summed E-state index contributed by atoms with van der Waals surface area (Å²) >= 11 is 6.11. The molecular weight excluding hydrogens is 236 g/mol. The SMILES string of the molecule is CCOC(c1nc(C)c(C)c(Cl)n1)C(C)(C)C. The topological polar surface area (TPSA) is 35.0 Å². The van der Waals surface area contributed by atoms with E-state index in [2.05, 4.69) is 30.7 Å². The number of nitrogens with zero attached hydrogens (tertiary/aromatic N) is 2. The lowest BCUT2D eigenvalue weighted by atomic mass is 9.88. The molecule has 3 nitrogen and oxygen atoms in total. The number of ether oxygens (including phenoxy) is 1. The van der Waals surface area contributed by atoms with Gasteiger partial charge in [0.25, 0.3) is 0 Å². The summed E-state index contributed by atoms with van der Waals surface area (Å²) in [6.45, 7) is 12.8. The summed E-state index contributed by atoms with van der Waals surface area (Å²) in [6.07, 6.45) is -0.135. The summed E-state index contributed by atoms with van der Waals surface area (Å²) in [5, 5.41) is 0.515. The van der Waals surface area contributed by atoms with Crippen molar-refractivity contribution in [3.05, 3.63) is 22.2 Å². The maximum absolute atomic E-state index is 6.11. The minimum atomic E-state index is -0.135. The van der Waals surface area contributed by atoms with Crippen LogP contribution in [-0.4, -0.2) is 16.6 Å². The fraction of sp³-hybridized carbons (Fsp3) is 0.692. The predicted octanol–water partition coefficient (Wildman–Crippen LogP) is 3.87. The largest absolute Gasteiger partial charge is 0.370 e. The first kappa shape index (κ1) is 14.4. The van der Waals surface area contributed by atoms with Crippen LogP contribution in [-0.2, 0) is 4.74 Å². The molecule has 0 radical (unpaired) electrons. The van der Waals surface area contributed by atoms with Crippen molar-refractivity contribution in [1.29, 1.82) is 0 Å². The minimum Gasteiger partial charge on any atom is -0.370 e. The molecule has 0 aliphatic heterocycles. The third-order valence-corrected chi connectivity index (χ3v) is 3.07. The molecule has 0 amide bonds. The molecule has 0 aromatic carbocycles. The van der Waals surface area contributed by atoms with Gasteiger partial charge in [0.05, 0.1) is 0 Å². The van der Waals surface area contributed by atoms with Crippen molar-refractivity contribution < 1.29 is 4.74 Å². The number of aryl methyl sites for hydroxylation is 1. The highest BCUT2D eigenvalue weighted by Gasteiger charge is 2.30. The Balaban J connectivity index is 3.20. The number of hydrogen-bond acceptors (Lipinski definition) is 3. The highest BCUT2D eigenvalue weighted by atomic mass is 35.5. The molecule has 1 aromatic heterocycles. The van der Waals surface area contributed by atoms with E-state index in [9.17, 15) is 0 Å². The third-order valence-electron chi connectivity index (χ3n) is 2.70. The Labute approximate surface area is 109 Å². The molecule has 17 heavy (non-hydrogen) atoms. The molecule has 1 rings (SSSR count). The second-order valence-electron chi connectivity index (χ2n) is 5.28. The van der Waals surface area contributed by atoms with Crippen LogP contribution in [0.2, 0.25) is 5.15 Å². The van der Waals surface area contributed by atoms with Crippen molar-refractivity contribution >= 4 is 11.6 Å². The molecule has 96 valence electrons. The van der Waals surface area contributed by atoms with Crippen LogP contribution in [0.5, 0.6) is 0 Å². The van der Waals surface area contributed by atoms with Gasteiger partial charge in [-0.05, 0) is 26.2 Å². The summed E-state index contributed by atoms with van der Waals surface area (Å²) < 4.78 is 5.76. The predicted molar refractivity (Wildman–Crippen MR) is 70.3 cm³/mol. The van der Waals surface area contributed by atoms with Crippen molar-refractivity contribution in [3.8, 4) is 0 Å². The van der Waals surface area contributed by atoms with Crippen molar-refractivity contribution in [2.45, 2.75) is 47.6 Å². The summed E-state index contributed by atoms with van der Waals surface area (Å²) in [5.74, 6) is 0.674. The molecule has 0 fully saturated rings. The molecule has 0 spiro atoms. The second kappa shape index (κ2) is 5.32. The fourth-order valence-corrected chi connectivity index (χ4v) is 1.83. The smallest absolute Gasteiger partial charge is 0.159 e. The van der Waals surface area contributed by atoms with Crippen LogP contribution in [0.3, 0.4) is 0 Å². The highest BCUT2D eigenvalue weighted by Crippen LogP contribution is 2.35. The molecule has 0 saturated carbocycles. The zero-order valence-corrected chi connectivity index (χ0v) is 12.2. The van der Waals surface area contributed by atoms with Gasteiger partial charge in [0.2, 0.25) is 0 Å². The van der Waals surface area contributed by atoms with Crippen LogP contribution >= 0.6 is 11.6 Å². The number of aromatic nitrogens is 2. The average Bonchev–Trinajstić information content (AvgIpc) is 2.20. The van der Waals surface area contributed by atoms with E-state index in [0.717, 1.165) is 11.3 Å². The van der Waals surface area contributed by atoms with E-state index in [0.29, 0.717) is 17.6 Å². The summed E-state index contributed by atoms with van der Waals surface area (Å²) in [4.78, 5) is 8.85. The van der Waals surface area contributed by atoms with Crippen LogP contribution in [0.1, 0.15) is 50.9 Å². The van der Waals surface area contributed by atoms with E-state index in [-0.39, 0.29) is 11.5 Å². The van der Waals surface area contributed by atoms with Crippen molar-refractivity contribution in [3.63, 3.8) is 0 Å². The lowest BCUT2D eigenvalue weighted by Crippen LogP contribution is -2.24. The van der Waals surface area contributed by atoms with Gasteiger partial charge in [-0.3, -0.25) is 0 Å². The lowest BCUT2D eigenvalue weighted by Gasteiger charge is -2.29. The van der Waals surface area contributed by atoms with Crippen LogP contribution in [0.15, 0.2) is 0 Å². The van der Waals surface area contributed by atoms with Gasteiger partial charge in [-0.2, -0.15) is 0 Å². The Bertz CT molecular complexity index is 376. The molecule has 1 atom stereocenters. The van der Waals surface area contributed by atoms with Crippen molar-refractivity contribution in [1.82, 2.24) is 9.97 Å². The number of hydrogen-bond donors (Lipinski definition) is 0. The van der Waals surface area contributed by atoms with E-state index in [1.54, 1.807) is 0 Å². The van der Waals surface area contributed by atoms with Gasteiger partial charge in [-0.15, -0.1) is 0 Å². The van der Waals surface area contributed by atoms with Gasteiger partial charge in [0.1, 0.15) is 11.3 Å². The van der Waals surface area contributed by atoms with Gasteiger partial charge in [0, 0.05) is 17.9 Å². The van der Waals surface area contributed by atoms with Gasteiger partial charge in [0.15, 0.2) is 5.82 Å². The van der Waals surface area contributed by atoms with Gasteiger partial charge in [-0.1, -0.05) is 32.4 Å². The lowest BCUT2D eigenvalue weighted by molar-refractivity contribution is -0.0192. The first-order valence-electron chi connectivity index (χ1n) is 5.89. The Morgan fingerprint density at radius 2 is 1.82 bits per heavy atom. The Hall–Kier alpha value is -0.670. The Morgan fingerprint density at radius 3 is 2.24 bits per heavy atom. The van der Waals surface area contributed by atoms with Crippen LogP contribution < -0.4 is 0 Å². The first-order valence-corrected chi connectivity index (χ1v) is 6.27. The molecular formula is C13H21ClN2O. The molecule has 0 aliphatic carbocycles. The fourth-order valence-electron chi connectivity index (χ4n) is 1.61. The zero-order valence-electron chi connectivity index (χ0n) is 11.5. The number of halogens is 1. The quantitative estimate of drug-likeness (QED) is 0.770. The van der Waals surface area contributed by atoms with Crippen LogP contribution in [0, 0.1) is 19.3 Å². The Kier molecular flexibility index (Phi) is 4.50. The molecule has 1 unspecified atom stereocenters. The molecule has 0 N–H and O–H groups in total. The van der Waals surface area contributed by atoms with Crippen LogP contribution in [0.25, 0.3) is 0 Å². The molecule has 0 aliphatic rings. The summed E-state index contributed by atoms with van der Waals surface area (Å²) in [5.41, 5.74) is 1.79. The average molecular weight is 257 g/mol.